The molecule has 3 heterocycles. The van der Waals surface area contributed by atoms with E-state index in [1.165, 1.54) is 4.90 Å². The fraction of sp³-hybridized carbons (Fsp3) is 0.438. The van der Waals surface area contributed by atoms with E-state index in [9.17, 15) is 9.59 Å². The van der Waals surface area contributed by atoms with E-state index >= 15 is 0 Å². The maximum Gasteiger partial charge on any atom is 0.414 e. The van der Waals surface area contributed by atoms with E-state index < -0.39 is 11.7 Å². The first kappa shape index (κ1) is 15.3. The van der Waals surface area contributed by atoms with Crippen molar-refractivity contribution in [3.05, 3.63) is 34.5 Å². The zero-order chi connectivity index (χ0) is 16.8. The lowest BCUT2D eigenvalue weighted by Gasteiger charge is -2.24. The number of hydrogen-bond donors (Lipinski definition) is 1. The van der Waals surface area contributed by atoms with Crippen molar-refractivity contribution in [2.45, 2.75) is 32.8 Å². The van der Waals surface area contributed by atoms with Crippen molar-refractivity contribution in [1.82, 2.24) is 14.8 Å². The number of pyridine rings is 1. The molecular formula is C16H20N4O3. The molecule has 1 N–H and O–H groups in total. The topological polar surface area (TPSA) is 80.2 Å². The van der Waals surface area contributed by atoms with E-state index in [4.69, 9.17) is 4.74 Å². The highest BCUT2D eigenvalue weighted by Crippen LogP contribution is 2.33. The van der Waals surface area contributed by atoms with Gasteiger partial charge in [0.25, 0.3) is 5.56 Å². The second-order valence-electron chi connectivity index (χ2n) is 6.64. The van der Waals surface area contributed by atoms with Crippen LogP contribution in [0.4, 0.5) is 10.5 Å². The fourth-order valence-corrected chi connectivity index (χ4v) is 2.75. The van der Waals surface area contributed by atoms with Crippen LogP contribution in [0.1, 0.15) is 26.3 Å². The summed E-state index contributed by atoms with van der Waals surface area (Å²) in [6.45, 7) is 5.85. The van der Waals surface area contributed by atoms with Crippen LogP contribution in [0.15, 0.2) is 23.4 Å². The third-order valence-corrected chi connectivity index (χ3v) is 3.66. The van der Waals surface area contributed by atoms with Gasteiger partial charge in [0.15, 0.2) is 0 Å². The number of aryl methyl sites for hydroxylation is 1. The Labute approximate surface area is 133 Å². The number of nitrogens with one attached hydrogen (secondary N) is 1. The summed E-state index contributed by atoms with van der Waals surface area (Å²) in [5, 5.41) is 4.16. The Morgan fingerprint density at radius 3 is 2.74 bits per heavy atom. The highest BCUT2D eigenvalue weighted by Gasteiger charge is 2.33. The number of H-pyrrole nitrogens is 1. The van der Waals surface area contributed by atoms with E-state index in [1.54, 1.807) is 37.8 Å². The summed E-state index contributed by atoms with van der Waals surface area (Å²) >= 11 is 0. The Kier molecular flexibility index (Phi) is 3.50. The summed E-state index contributed by atoms with van der Waals surface area (Å²) in [6, 6.07) is 0. The minimum atomic E-state index is -0.604. The highest BCUT2D eigenvalue weighted by molar-refractivity contribution is 5.92. The molecule has 3 rings (SSSR count). The average Bonchev–Trinajstić information content (AvgIpc) is 3.04. The van der Waals surface area contributed by atoms with Crippen molar-refractivity contribution in [2.75, 3.05) is 11.4 Å². The Balaban J connectivity index is 2.03. The van der Waals surface area contributed by atoms with Crippen LogP contribution >= 0.6 is 0 Å². The molecule has 122 valence electrons. The van der Waals surface area contributed by atoms with Crippen molar-refractivity contribution in [2.24, 2.45) is 7.05 Å². The number of fused-ring (bicyclic) bond motifs is 1. The smallest absolute Gasteiger partial charge is 0.414 e. The summed E-state index contributed by atoms with van der Waals surface area (Å²) in [7, 11) is 1.84. The second-order valence-corrected chi connectivity index (χ2v) is 6.64. The Morgan fingerprint density at radius 1 is 1.39 bits per heavy atom. The molecule has 2 aromatic rings. The zero-order valence-corrected chi connectivity index (χ0v) is 13.7. The number of anilines is 1. The maximum absolute atomic E-state index is 12.4. The molecule has 0 aliphatic carbocycles. The molecule has 0 unspecified atom stereocenters. The third-order valence-electron chi connectivity index (χ3n) is 3.66. The minimum absolute atomic E-state index is 0.281. The van der Waals surface area contributed by atoms with Crippen molar-refractivity contribution in [1.29, 1.82) is 0 Å². The van der Waals surface area contributed by atoms with Crippen LogP contribution in [0.5, 0.6) is 0 Å². The summed E-state index contributed by atoms with van der Waals surface area (Å²) in [6.07, 6.45) is 5.42. The number of ether oxygens (including phenoxy) is 1. The average molecular weight is 316 g/mol. The molecule has 0 radical (unpaired) electrons. The number of amides is 1. The molecule has 0 atom stereocenters. The zero-order valence-electron chi connectivity index (χ0n) is 13.7. The molecule has 0 bridgehead atoms. The number of aromatic nitrogens is 3. The third kappa shape index (κ3) is 2.86. The Morgan fingerprint density at radius 2 is 2.13 bits per heavy atom. The number of carbonyl (C=O) groups excluding carboxylic acids is 1. The number of nitrogens with zero attached hydrogens (tertiary/aromatic N) is 3. The van der Waals surface area contributed by atoms with E-state index in [-0.39, 0.29) is 5.56 Å². The number of carbonyl (C=O) groups is 1. The fourth-order valence-electron chi connectivity index (χ4n) is 2.75. The molecule has 2 aromatic heterocycles. The van der Waals surface area contributed by atoms with E-state index in [2.05, 4.69) is 10.1 Å². The Hall–Kier alpha value is -2.57. The molecule has 1 aliphatic rings. The summed E-state index contributed by atoms with van der Waals surface area (Å²) < 4.78 is 7.10. The summed E-state index contributed by atoms with van der Waals surface area (Å²) in [5.41, 5.74) is 2.14. The first-order chi connectivity index (χ1) is 10.8. The van der Waals surface area contributed by atoms with Crippen molar-refractivity contribution < 1.29 is 9.53 Å². The van der Waals surface area contributed by atoms with Gasteiger partial charge in [-0.2, -0.15) is 5.10 Å². The van der Waals surface area contributed by atoms with Crippen LogP contribution in [0.3, 0.4) is 0 Å². The van der Waals surface area contributed by atoms with Gasteiger partial charge in [0.1, 0.15) is 11.3 Å². The minimum Gasteiger partial charge on any atom is -0.443 e. The molecule has 7 nitrogen and oxygen atoms in total. The molecule has 0 spiro atoms. The summed E-state index contributed by atoms with van der Waals surface area (Å²) in [4.78, 5) is 28.7. The number of rotatable bonds is 1. The van der Waals surface area contributed by atoms with Gasteiger partial charge < -0.3 is 9.72 Å². The van der Waals surface area contributed by atoms with Gasteiger partial charge in [0.2, 0.25) is 0 Å². The molecule has 0 fully saturated rings. The first-order valence-corrected chi connectivity index (χ1v) is 7.50. The number of hydrogen-bond acceptors (Lipinski definition) is 4. The molecule has 0 aromatic carbocycles. The quantitative estimate of drug-likeness (QED) is 0.873. The van der Waals surface area contributed by atoms with Crippen LogP contribution in [-0.2, 0) is 18.2 Å². The van der Waals surface area contributed by atoms with E-state index in [0.29, 0.717) is 18.7 Å². The van der Waals surface area contributed by atoms with Gasteiger partial charge in [-0.05, 0) is 32.8 Å². The largest absolute Gasteiger partial charge is 0.443 e. The predicted octanol–water partition coefficient (Wildman–Crippen LogP) is 2.07. The maximum atomic E-state index is 12.4. The molecule has 0 saturated heterocycles. The molecule has 0 saturated carbocycles. The standard InChI is InChI=1S/C16H20N4O3/c1-16(2,3)23-15(22)20-6-5-11-12(8-17-14(21)13(11)20)10-7-18-19(4)9-10/h7-9H,5-6H2,1-4H3,(H,17,21). The van der Waals surface area contributed by atoms with E-state index in [1.807, 2.05) is 13.2 Å². The lowest BCUT2D eigenvalue weighted by atomic mass is 10.0. The van der Waals surface area contributed by atoms with Crippen molar-refractivity contribution in [3.63, 3.8) is 0 Å². The first-order valence-electron chi connectivity index (χ1n) is 7.50. The van der Waals surface area contributed by atoms with Gasteiger partial charge in [0, 0.05) is 37.1 Å². The van der Waals surface area contributed by atoms with Gasteiger partial charge in [-0.3, -0.25) is 14.4 Å². The van der Waals surface area contributed by atoms with Gasteiger partial charge in [0.05, 0.1) is 6.20 Å². The van der Waals surface area contributed by atoms with Crippen LogP contribution in [0.2, 0.25) is 0 Å². The van der Waals surface area contributed by atoms with E-state index in [0.717, 1.165) is 16.7 Å². The van der Waals surface area contributed by atoms with Crippen LogP contribution in [0, 0.1) is 0 Å². The van der Waals surface area contributed by atoms with Crippen molar-refractivity contribution >= 4 is 11.8 Å². The predicted molar refractivity (Wildman–Crippen MR) is 86.5 cm³/mol. The lowest BCUT2D eigenvalue weighted by Crippen LogP contribution is -2.37. The van der Waals surface area contributed by atoms with Gasteiger partial charge >= 0.3 is 6.09 Å². The van der Waals surface area contributed by atoms with Crippen LogP contribution < -0.4 is 10.5 Å². The van der Waals surface area contributed by atoms with Crippen LogP contribution in [0.25, 0.3) is 11.1 Å². The lowest BCUT2D eigenvalue weighted by molar-refractivity contribution is 0.0583. The SMILES string of the molecule is Cn1cc(-c2c[nH]c(=O)c3c2CCN3C(=O)OC(C)(C)C)cn1. The van der Waals surface area contributed by atoms with Gasteiger partial charge in [-0.1, -0.05) is 0 Å². The molecule has 23 heavy (non-hydrogen) atoms. The van der Waals surface area contributed by atoms with Crippen molar-refractivity contribution in [3.8, 4) is 11.1 Å². The molecule has 7 heteroatoms. The number of aromatic amines is 1. The summed E-state index contributed by atoms with van der Waals surface area (Å²) in [5.74, 6) is 0. The molecule has 1 amide bonds. The van der Waals surface area contributed by atoms with Gasteiger partial charge in [-0.15, -0.1) is 0 Å². The molecular weight excluding hydrogens is 296 g/mol. The van der Waals surface area contributed by atoms with Crippen LogP contribution in [-0.4, -0.2) is 33.0 Å². The normalized spacial score (nSPS) is 14.0. The second kappa shape index (κ2) is 5.26. The van der Waals surface area contributed by atoms with Gasteiger partial charge in [-0.25, -0.2) is 4.79 Å². The monoisotopic (exact) mass is 316 g/mol. The molecule has 1 aliphatic heterocycles. The highest BCUT2D eigenvalue weighted by atomic mass is 16.6. The Bertz CT molecular complexity index is 813.